The lowest BCUT2D eigenvalue weighted by molar-refractivity contribution is -0.466. The molecule has 2 bridgehead atoms. The van der Waals surface area contributed by atoms with Gasteiger partial charge < -0.3 is 14.2 Å². The largest absolute Gasteiger partial charge is 0.322 e. The summed E-state index contributed by atoms with van der Waals surface area (Å²) < 4.78 is 32.1. The van der Waals surface area contributed by atoms with Crippen LogP contribution in [-0.4, -0.2) is 19.8 Å². The van der Waals surface area contributed by atoms with Gasteiger partial charge in [-0.05, 0) is 64.6 Å². The maximum absolute atomic E-state index is 13.1. The van der Waals surface area contributed by atoms with E-state index < -0.39 is 5.97 Å². The number of ether oxygens (including phenoxy) is 3. The number of benzene rings is 2. The lowest BCUT2D eigenvalue weighted by Crippen LogP contribution is -2.60. The van der Waals surface area contributed by atoms with Gasteiger partial charge in [0.05, 0.1) is 25.2 Å². The second kappa shape index (κ2) is 5.26. The average molecular weight is 412 g/mol. The molecule has 3 aliphatic rings. The molecule has 5 heteroatoms. The molecule has 3 aliphatic heterocycles. The molecule has 0 unspecified atom stereocenters. The molecule has 0 amide bonds. The first-order valence-corrected chi connectivity index (χ1v) is 8.14. The Bertz CT molecular complexity index is 598. The smallest absolute Gasteiger partial charge is 0.312 e. The number of halogens is 2. The van der Waals surface area contributed by atoms with Crippen molar-refractivity contribution in [3.05, 3.63) is 69.0 Å². The number of fused-ring (bicyclic) bond motifs is 3. The molecule has 3 heterocycles. The molecule has 114 valence electrons. The van der Waals surface area contributed by atoms with Crippen LogP contribution in [0.3, 0.4) is 0 Å². The quantitative estimate of drug-likeness (QED) is 0.707. The second-order valence-electron chi connectivity index (χ2n) is 5.72. The Morgan fingerprint density at radius 2 is 1.27 bits per heavy atom. The first kappa shape index (κ1) is 14.6. The van der Waals surface area contributed by atoms with Gasteiger partial charge in [0, 0.05) is 9.13 Å². The highest BCUT2D eigenvalue weighted by Crippen LogP contribution is 2.45. The average Bonchev–Trinajstić information content (AvgIpc) is 2.57. The van der Waals surface area contributed by atoms with Gasteiger partial charge in [-0.25, -0.2) is 4.39 Å². The molecule has 22 heavy (non-hydrogen) atoms. The van der Waals surface area contributed by atoms with Crippen molar-refractivity contribution < 1.29 is 18.6 Å². The number of hydrogen-bond donors (Lipinski definition) is 0. The highest BCUT2D eigenvalue weighted by atomic mass is 127. The molecule has 0 saturated carbocycles. The van der Waals surface area contributed by atoms with E-state index in [4.69, 9.17) is 14.2 Å². The summed E-state index contributed by atoms with van der Waals surface area (Å²) in [5.74, 6) is -1.35. The fourth-order valence-corrected chi connectivity index (χ4v) is 3.27. The Hall–Kier alpha value is -1.02. The summed E-state index contributed by atoms with van der Waals surface area (Å²) in [6.07, 6.45) is 0. The summed E-state index contributed by atoms with van der Waals surface area (Å²) in [6, 6.07) is 14.4. The maximum atomic E-state index is 13.1. The molecule has 0 N–H and O–H groups in total. The van der Waals surface area contributed by atoms with Crippen LogP contribution in [0, 0.1) is 9.39 Å². The minimum absolute atomic E-state index is 0.247. The van der Waals surface area contributed by atoms with Crippen LogP contribution in [0.1, 0.15) is 11.1 Å². The van der Waals surface area contributed by atoms with Crippen molar-refractivity contribution in [2.45, 2.75) is 11.4 Å². The third kappa shape index (κ3) is 2.27. The van der Waals surface area contributed by atoms with Crippen molar-refractivity contribution in [3.63, 3.8) is 0 Å². The molecule has 0 aromatic heterocycles. The summed E-state index contributed by atoms with van der Waals surface area (Å²) in [6.45, 7) is 1.47. The van der Waals surface area contributed by atoms with Crippen LogP contribution in [0.4, 0.5) is 4.39 Å². The predicted octanol–water partition coefficient (Wildman–Crippen LogP) is 3.56. The van der Waals surface area contributed by atoms with Crippen LogP contribution < -0.4 is 0 Å². The monoisotopic (exact) mass is 412 g/mol. The van der Waals surface area contributed by atoms with Crippen molar-refractivity contribution >= 4 is 22.6 Å². The third-order valence-electron chi connectivity index (χ3n) is 4.27. The Labute approximate surface area is 141 Å². The Kier molecular flexibility index (Phi) is 3.48. The van der Waals surface area contributed by atoms with Gasteiger partial charge in [-0.3, -0.25) is 0 Å². The second-order valence-corrected chi connectivity index (χ2v) is 6.96. The summed E-state index contributed by atoms with van der Waals surface area (Å²) in [7, 11) is 0. The standard InChI is InChI=1S/C17H14FIO3/c18-14-5-1-12(2-6-14)16-9-20-17(21-10-16,22-11-16)13-3-7-15(19)8-4-13/h1-8H,9-11H2. The predicted molar refractivity (Wildman–Crippen MR) is 86.8 cm³/mol. The van der Waals surface area contributed by atoms with E-state index in [0.717, 1.165) is 14.7 Å². The lowest BCUT2D eigenvalue weighted by atomic mass is 9.81. The van der Waals surface area contributed by atoms with E-state index in [1.807, 2.05) is 24.3 Å². The summed E-state index contributed by atoms with van der Waals surface area (Å²) >= 11 is 2.25. The van der Waals surface area contributed by atoms with E-state index >= 15 is 0 Å². The Balaban J connectivity index is 1.61. The fourth-order valence-electron chi connectivity index (χ4n) is 2.91. The molecule has 0 radical (unpaired) electrons. The van der Waals surface area contributed by atoms with Crippen molar-refractivity contribution in [1.29, 1.82) is 0 Å². The zero-order valence-electron chi connectivity index (χ0n) is 11.7. The van der Waals surface area contributed by atoms with Crippen LogP contribution in [0.25, 0.3) is 0 Å². The zero-order valence-corrected chi connectivity index (χ0v) is 13.9. The molecule has 5 rings (SSSR count). The molecular formula is C17H14FIO3. The topological polar surface area (TPSA) is 27.7 Å². The SMILES string of the molecule is Fc1ccc(C23COC(c4ccc(I)cc4)(OC2)OC3)cc1. The summed E-state index contributed by atoms with van der Waals surface area (Å²) in [5.41, 5.74) is 1.48. The van der Waals surface area contributed by atoms with E-state index in [9.17, 15) is 4.39 Å². The minimum Gasteiger partial charge on any atom is -0.322 e. The van der Waals surface area contributed by atoms with E-state index in [1.54, 1.807) is 12.1 Å². The van der Waals surface area contributed by atoms with Crippen LogP contribution in [0.15, 0.2) is 48.5 Å². The van der Waals surface area contributed by atoms with Crippen LogP contribution >= 0.6 is 22.6 Å². The van der Waals surface area contributed by atoms with Gasteiger partial charge in [0.15, 0.2) is 0 Å². The zero-order chi connectivity index (χ0) is 15.2. The molecule has 0 spiro atoms. The highest BCUT2D eigenvalue weighted by molar-refractivity contribution is 14.1. The molecule has 3 saturated heterocycles. The Morgan fingerprint density at radius 3 is 1.82 bits per heavy atom. The molecule has 0 aliphatic carbocycles. The van der Waals surface area contributed by atoms with Crippen molar-refractivity contribution in [2.24, 2.45) is 0 Å². The number of rotatable bonds is 2. The molecule has 0 atom stereocenters. The third-order valence-corrected chi connectivity index (χ3v) is 4.99. The Morgan fingerprint density at radius 1 is 0.773 bits per heavy atom. The van der Waals surface area contributed by atoms with Gasteiger partial charge in [0.25, 0.3) is 0 Å². The van der Waals surface area contributed by atoms with E-state index in [-0.39, 0.29) is 11.2 Å². The van der Waals surface area contributed by atoms with Crippen molar-refractivity contribution in [2.75, 3.05) is 19.8 Å². The minimum atomic E-state index is -1.11. The van der Waals surface area contributed by atoms with Gasteiger partial charge in [0.2, 0.25) is 0 Å². The highest BCUT2D eigenvalue weighted by Gasteiger charge is 2.54. The lowest BCUT2D eigenvalue weighted by Gasteiger charge is -2.52. The van der Waals surface area contributed by atoms with Crippen LogP contribution in [0.5, 0.6) is 0 Å². The molecule has 2 aromatic carbocycles. The number of hydrogen-bond acceptors (Lipinski definition) is 3. The van der Waals surface area contributed by atoms with Gasteiger partial charge in [-0.1, -0.05) is 12.1 Å². The molecule has 2 aromatic rings. The van der Waals surface area contributed by atoms with Crippen LogP contribution in [-0.2, 0) is 25.6 Å². The first-order valence-electron chi connectivity index (χ1n) is 7.06. The van der Waals surface area contributed by atoms with E-state index in [0.29, 0.717) is 19.8 Å². The van der Waals surface area contributed by atoms with E-state index in [1.165, 1.54) is 12.1 Å². The van der Waals surface area contributed by atoms with Crippen LogP contribution in [0.2, 0.25) is 0 Å². The first-order chi connectivity index (χ1) is 10.6. The van der Waals surface area contributed by atoms with Gasteiger partial charge >= 0.3 is 5.97 Å². The molecular weight excluding hydrogens is 398 g/mol. The maximum Gasteiger partial charge on any atom is 0.312 e. The summed E-state index contributed by atoms with van der Waals surface area (Å²) in [4.78, 5) is 0. The van der Waals surface area contributed by atoms with Gasteiger partial charge in [-0.2, -0.15) is 0 Å². The molecule has 3 fully saturated rings. The normalized spacial score (nSPS) is 30.5. The van der Waals surface area contributed by atoms with Gasteiger partial charge in [0.1, 0.15) is 5.82 Å². The summed E-state index contributed by atoms with van der Waals surface area (Å²) in [5, 5.41) is 0. The van der Waals surface area contributed by atoms with Crippen molar-refractivity contribution in [3.8, 4) is 0 Å². The fraction of sp³-hybridized carbons (Fsp3) is 0.294. The van der Waals surface area contributed by atoms with Crippen molar-refractivity contribution in [1.82, 2.24) is 0 Å². The van der Waals surface area contributed by atoms with E-state index in [2.05, 4.69) is 22.6 Å². The molecule has 3 nitrogen and oxygen atoms in total. The van der Waals surface area contributed by atoms with Gasteiger partial charge in [-0.15, -0.1) is 0 Å².